The topological polar surface area (TPSA) is 89.0 Å². The van der Waals surface area contributed by atoms with Gasteiger partial charge in [0.2, 0.25) is 5.91 Å². The van der Waals surface area contributed by atoms with Crippen molar-refractivity contribution in [1.82, 2.24) is 14.9 Å². The number of amides is 2. The zero-order valence-corrected chi connectivity index (χ0v) is 19.1. The number of thiazole rings is 1. The molecule has 0 saturated carbocycles. The predicted molar refractivity (Wildman–Crippen MR) is 118 cm³/mol. The van der Waals surface area contributed by atoms with Gasteiger partial charge in [0.25, 0.3) is 5.91 Å². The molecule has 0 N–H and O–H groups in total. The average molecular weight is 458 g/mol. The molecule has 2 amide bonds. The van der Waals surface area contributed by atoms with Crippen molar-refractivity contribution >= 4 is 29.1 Å². The number of methoxy groups -OCH3 is 1. The molecule has 1 aromatic carbocycles. The van der Waals surface area contributed by atoms with Gasteiger partial charge in [-0.05, 0) is 25.3 Å². The maximum Gasteiger partial charge on any atom is 0.311 e. The highest BCUT2D eigenvalue weighted by atomic mass is 32.1. The maximum atomic E-state index is 13.1. The molecule has 4 rings (SSSR count). The summed E-state index contributed by atoms with van der Waals surface area (Å²) in [6.07, 6.45) is 1.65. The van der Waals surface area contributed by atoms with Gasteiger partial charge in [0.15, 0.2) is 0 Å². The van der Waals surface area contributed by atoms with Crippen molar-refractivity contribution in [1.29, 1.82) is 0 Å². The molecule has 32 heavy (non-hydrogen) atoms. The molecule has 2 aliphatic heterocycles. The van der Waals surface area contributed by atoms with Crippen molar-refractivity contribution in [2.45, 2.75) is 38.1 Å². The van der Waals surface area contributed by atoms with E-state index >= 15 is 0 Å². The number of hydrogen-bond acceptors (Lipinski definition) is 7. The van der Waals surface area contributed by atoms with Crippen LogP contribution in [0.1, 0.15) is 47.2 Å². The minimum atomic E-state index is -0.780. The standard InChI is InChI=1S/C23H27N3O5S/c1-3-31-26-20(27)14-17(22(29)30-2)23(26)9-11-25(12-10-23)21(28)18-15-32-19(24-18)13-16-7-5-4-6-8-16/h4-8,15,17H,3,9-14H2,1-2H3/t17-/m0/s1. The zero-order chi connectivity index (χ0) is 22.7. The number of ether oxygens (including phenoxy) is 1. The van der Waals surface area contributed by atoms with Gasteiger partial charge in [0.05, 0.1) is 30.2 Å². The summed E-state index contributed by atoms with van der Waals surface area (Å²) < 4.78 is 4.97. The van der Waals surface area contributed by atoms with Crippen LogP contribution < -0.4 is 0 Å². The molecule has 0 unspecified atom stereocenters. The molecule has 0 aliphatic carbocycles. The molecular weight excluding hydrogens is 430 g/mol. The van der Waals surface area contributed by atoms with E-state index in [-0.39, 0.29) is 18.2 Å². The Balaban J connectivity index is 1.46. The largest absolute Gasteiger partial charge is 0.469 e. The Kier molecular flexibility index (Phi) is 6.57. The molecule has 0 bridgehead atoms. The number of carbonyl (C=O) groups excluding carboxylic acids is 3. The van der Waals surface area contributed by atoms with Crippen molar-refractivity contribution in [2.24, 2.45) is 5.92 Å². The summed E-state index contributed by atoms with van der Waals surface area (Å²) in [5.74, 6) is -1.35. The number of likely N-dealkylation sites (tertiary alicyclic amines) is 1. The summed E-state index contributed by atoms with van der Waals surface area (Å²) in [7, 11) is 1.33. The van der Waals surface area contributed by atoms with Crippen molar-refractivity contribution in [3.05, 3.63) is 52.0 Å². The molecule has 0 radical (unpaired) electrons. The monoisotopic (exact) mass is 457 g/mol. The van der Waals surface area contributed by atoms with Crippen LogP contribution in [0.3, 0.4) is 0 Å². The molecule has 1 atom stereocenters. The van der Waals surface area contributed by atoms with Crippen LogP contribution in [0.25, 0.3) is 0 Å². The van der Waals surface area contributed by atoms with E-state index in [9.17, 15) is 14.4 Å². The number of piperidine rings is 1. The van der Waals surface area contributed by atoms with Crippen molar-refractivity contribution < 1.29 is 24.0 Å². The second kappa shape index (κ2) is 9.38. The van der Waals surface area contributed by atoms with Gasteiger partial charge in [-0.1, -0.05) is 30.3 Å². The van der Waals surface area contributed by atoms with Gasteiger partial charge in [-0.25, -0.2) is 10.0 Å². The van der Waals surface area contributed by atoms with Crippen LogP contribution in [0.4, 0.5) is 0 Å². The third-order valence-electron chi connectivity index (χ3n) is 6.29. The van der Waals surface area contributed by atoms with Gasteiger partial charge in [-0.3, -0.25) is 19.2 Å². The molecule has 2 fully saturated rings. The van der Waals surface area contributed by atoms with Gasteiger partial charge >= 0.3 is 5.97 Å². The molecule has 170 valence electrons. The summed E-state index contributed by atoms with van der Waals surface area (Å²) in [6, 6.07) is 10.0. The van der Waals surface area contributed by atoms with Crippen molar-refractivity contribution in [2.75, 3.05) is 26.8 Å². The highest BCUT2D eigenvalue weighted by molar-refractivity contribution is 7.09. The number of benzene rings is 1. The molecule has 1 spiro atoms. The first-order chi connectivity index (χ1) is 15.5. The first-order valence-corrected chi connectivity index (χ1v) is 11.7. The van der Waals surface area contributed by atoms with Gasteiger partial charge in [-0.15, -0.1) is 11.3 Å². The summed E-state index contributed by atoms with van der Waals surface area (Å²) in [5, 5.41) is 4.06. The van der Waals surface area contributed by atoms with E-state index in [4.69, 9.17) is 9.57 Å². The lowest BCUT2D eigenvalue weighted by Gasteiger charge is -2.45. The number of nitrogens with zero attached hydrogens (tertiary/aromatic N) is 3. The molecule has 8 nitrogen and oxygen atoms in total. The Labute approximate surface area is 191 Å². The van der Waals surface area contributed by atoms with Crippen LogP contribution in [0, 0.1) is 5.92 Å². The van der Waals surface area contributed by atoms with Gasteiger partial charge in [0.1, 0.15) is 5.69 Å². The maximum absolute atomic E-state index is 13.1. The van der Waals surface area contributed by atoms with E-state index in [0.29, 0.717) is 44.7 Å². The summed E-state index contributed by atoms with van der Waals surface area (Å²) in [6.45, 7) is 2.96. The number of carbonyl (C=O) groups is 3. The Morgan fingerprint density at radius 3 is 2.59 bits per heavy atom. The normalized spacial score (nSPS) is 20.1. The van der Waals surface area contributed by atoms with Crippen LogP contribution in [-0.4, -0.2) is 65.1 Å². The fraction of sp³-hybridized carbons (Fsp3) is 0.478. The Morgan fingerprint density at radius 2 is 1.94 bits per heavy atom. The highest BCUT2D eigenvalue weighted by Gasteiger charge is 2.58. The lowest BCUT2D eigenvalue weighted by Crippen LogP contribution is -2.58. The second-order valence-corrected chi connectivity index (χ2v) is 9.01. The van der Waals surface area contributed by atoms with Crippen LogP contribution in [-0.2, 0) is 25.6 Å². The van der Waals surface area contributed by atoms with Gasteiger partial charge in [0, 0.05) is 31.3 Å². The molecule has 1 aromatic heterocycles. The molecule has 2 aliphatic rings. The quantitative estimate of drug-likeness (QED) is 0.620. The molecule has 9 heteroatoms. The van der Waals surface area contributed by atoms with E-state index in [1.54, 1.807) is 17.2 Å². The number of rotatable bonds is 6. The molecule has 2 aromatic rings. The lowest BCUT2D eigenvalue weighted by molar-refractivity contribution is -0.220. The first kappa shape index (κ1) is 22.4. The third kappa shape index (κ3) is 4.14. The Hall–Kier alpha value is -2.78. The summed E-state index contributed by atoms with van der Waals surface area (Å²) in [4.78, 5) is 50.0. The number of hydroxylamine groups is 2. The van der Waals surface area contributed by atoms with Gasteiger partial charge in [-0.2, -0.15) is 0 Å². The smallest absolute Gasteiger partial charge is 0.311 e. The number of hydrogen-bond donors (Lipinski definition) is 0. The fourth-order valence-corrected chi connectivity index (χ4v) is 5.49. The predicted octanol–water partition coefficient (Wildman–Crippen LogP) is 2.68. The summed E-state index contributed by atoms with van der Waals surface area (Å²) in [5.41, 5.74) is 0.805. The average Bonchev–Trinajstić information content (AvgIpc) is 3.38. The van der Waals surface area contributed by atoms with E-state index in [0.717, 1.165) is 10.6 Å². The van der Waals surface area contributed by atoms with Crippen LogP contribution in [0.5, 0.6) is 0 Å². The fourth-order valence-electron chi connectivity index (χ4n) is 4.68. The highest BCUT2D eigenvalue weighted by Crippen LogP contribution is 2.44. The second-order valence-electron chi connectivity index (χ2n) is 8.07. The minimum Gasteiger partial charge on any atom is -0.469 e. The van der Waals surface area contributed by atoms with Crippen LogP contribution >= 0.6 is 11.3 Å². The number of esters is 1. The van der Waals surface area contributed by atoms with Crippen LogP contribution in [0.2, 0.25) is 0 Å². The summed E-state index contributed by atoms with van der Waals surface area (Å²) >= 11 is 1.48. The lowest BCUT2D eigenvalue weighted by atomic mass is 9.77. The Morgan fingerprint density at radius 1 is 1.22 bits per heavy atom. The Bertz CT molecular complexity index is 985. The number of aromatic nitrogens is 1. The third-order valence-corrected chi connectivity index (χ3v) is 7.14. The molecule has 3 heterocycles. The van der Waals surface area contributed by atoms with Crippen molar-refractivity contribution in [3.8, 4) is 0 Å². The van der Waals surface area contributed by atoms with E-state index in [2.05, 4.69) is 4.98 Å². The SMILES string of the molecule is CCON1C(=O)C[C@@H](C(=O)OC)C12CCN(C(=O)c1csc(Cc3ccccc3)n1)CC2. The zero-order valence-electron chi connectivity index (χ0n) is 18.3. The first-order valence-electron chi connectivity index (χ1n) is 10.8. The van der Waals surface area contributed by atoms with Gasteiger partial charge < -0.3 is 9.64 Å². The molecular formula is C23H27N3O5S. The van der Waals surface area contributed by atoms with Crippen molar-refractivity contribution in [3.63, 3.8) is 0 Å². The van der Waals surface area contributed by atoms with Crippen LogP contribution in [0.15, 0.2) is 35.7 Å². The molecule has 2 saturated heterocycles. The minimum absolute atomic E-state index is 0.0650. The van der Waals surface area contributed by atoms with E-state index < -0.39 is 17.4 Å². The van der Waals surface area contributed by atoms with E-state index in [1.165, 1.54) is 23.5 Å². The van der Waals surface area contributed by atoms with E-state index in [1.807, 2.05) is 30.3 Å².